The average molecular weight is 722 g/mol. The molecule has 7 nitrogen and oxygen atoms in total. The second-order valence-corrected chi connectivity index (χ2v) is 13.2. The minimum absolute atomic E-state index is 0.255. The lowest BCUT2D eigenvalue weighted by molar-refractivity contribution is -0.113. The molecule has 1 aliphatic heterocycles. The standard InChI is InChI=1S/C34H28BrCl2N5O2S/c1-20-7-3-6-10-28(20)39-32(43)30-21(2)38-33-40-34(45-19-23-8-4-5-9-27(23)37)41-42(33)31(30)26-17-24(35)13-16-29(26)44-18-22-11-14-25(36)15-12-22/h3-17,31H,18-19H2,1-2H3,(H,39,43)(H,38,40,41). The van der Waals surface area contributed by atoms with E-state index in [0.29, 0.717) is 50.5 Å². The number of aryl methyl sites for hydroxylation is 1. The quantitative estimate of drug-likeness (QED) is 0.148. The topological polar surface area (TPSA) is 81.1 Å². The predicted molar refractivity (Wildman–Crippen MR) is 185 cm³/mol. The van der Waals surface area contributed by atoms with Crippen molar-refractivity contribution in [3.8, 4) is 5.75 Å². The van der Waals surface area contributed by atoms with Crippen molar-refractivity contribution in [2.75, 3.05) is 10.6 Å². The Labute approximate surface area is 284 Å². The molecule has 11 heteroatoms. The highest BCUT2D eigenvalue weighted by molar-refractivity contribution is 9.10. The molecule has 1 amide bonds. The number of amides is 1. The number of allylic oxidation sites excluding steroid dienone is 1. The van der Waals surface area contributed by atoms with Crippen LogP contribution in [0.1, 0.15) is 35.2 Å². The molecule has 0 radical (unpaired) electrons. The van der Waals surface area contributed by atoms with Gasteiger partial charge in [0.05, 0.1) is 5.57 Å². The van der Waals surface area contributed by atoms with Crippen LogP contribution in [0.4, 0.5) is 11.6 Å². The number of anilines is 2. The Hall–Kier alpha value is -3.76. The smallest absolute Gasteiger partial charge is 0.255 e. The number of carbonyl (C=O) groups excluding carboxylic acids is 1. The summed E-state index contributed by atoms with van der Waals surface area (Å²) < 4.78 is 8.98. The summed E-state index contributed by atoms with van der Waals surface area (Å²) in [4.78, 5) is 18.9. The third kappa shape index (κ3) is 7.07. The highest BCUT2D eigenvalue weighted by atomic mass is 79.9. The van der Waals surface area contributed by atoms with Crippen molar-refractivity contribution in [2.24, 2.45) is 0 Å². The van der Waals surface area contributed by atoms with Gasteiger partial charge in [-0.3, -0.25) is 4.79 Å². The van der Waals surface area contributed by atoms with E-state index in [1.807, 2.05) is 105 Å². The van der Waals surface area contributed by atoms with Gasteiger partial charge in [-0.05, 0) is 73.0 Å². The largest absolute Gasteiger partial charge is 0.489 e. The van der Waals surface area contributed by atoms with Gasteiger partial charge in [-0.2, -0.15) is 4.98 Å². The first kappa shape index (κ1) is 31.2. The third-order valence-electron chi connectivity index (χ3n) is 7.36. The number of rotatable bonds is 9. The minimum Gasteiger partial charge on any atom is -0.489 e. The zero-order valence-corrected chi connectivity index (χ0v) is 28.3. The molecule has 4 aromatic carbocycles. The van der Waals surface area contributed by atoms with E-state index in [4.69, 9.17) is 38.0 Å². The van der Waals surface area contributed by atoms with Crippen LogP contribution >= 0.6 is 50.9 Å². The molecular formula is C34H28BrCl2N5O2S. The highest BCUT2D eigenvalue weighted by Gasteiger charge is 2.36. The summed E-state index contributed by atoms with van der Waals surface area (Å²) in [7, 11) is 0. The highest BCUT2D eigenvalue weighted by Crippen LogP contribution is 2.42. The van der Waals surface area contributed by atoms with Crippen molar-refractivity contribution >= 4 is 68.4 Å². The number of nitrogens with zero attached hydrogens (tertiary/aromatic N) is 3. The van der Waals surface area contributed by atoms with Crippen LogP contribution in [0.15, 0.2) is 112 Å². The molecule has 5 aromatic rings. The number of carbonyl (C=O) groups is 1. The zero-order chi connectivity index (χ0) is 31.5. The lowest BCUT2D eigenvalue weighted by Crippen LogP contribution is -2.32. The van der Waals surface area contributed by atoms with Gasteiger partial charge in [0.1, 0.15) is 18.4 Å². The summed E-state index contributed by atoms with van der Waals surface area (Å²) in [5.74, 6) is 1.47. The number of aromatic nitrogens is 3. The first-order valence-corrected chi connectivity index (χ1v) is 16.6. The molecule has 0 saturated carbocycles. The fraction of sp³-hybridized carbons (Fsp3) is 0.147. The number of para-hydroxylation sites is 1. The lowest BCUT2D eigenvalue weighted by atomic mass is 9.94. The Bertz CT molecular complexity index is 1910. The van der Waals surface area contributed by atoms with Crippen molar-refractivity contribution in [1.82, 2.24) is 14.8 Å². The Morgan fingerprint density at radius 1 is 1.02 bits per heavy atom. The zero-order valence-electron chi connectivity index (χ0n) is 24.4. The molecule has 1 aliphatic rings. The molecule has 0 fully saturated rings. The van der Waals surface area contributed by atoms with Crippen LogP contribution in [0.5, 0.6) is 5.75 Å². The van der Waals surface area contributed by atoms with Crippen LogP contribution in [-0.4, -0.2) is 20.7 Å². The lowest BCUT2D eigenvalue weighted by Gasteiger charge is -2.30. The van der Waals surface area contributed by atoms with Crippen LogP contribution in [0.3, 0.4) is 0 Å². The summed E-state index contributed by atoms with van der Waals surface area (Å²) >= 11 is 17.6. The van der Waals surface area contributed by atoms with E-state index in [0.717, 1.165) is 32.4 Å². The van der Waals surface area contributed by atoms with Crippen molar-refractivity contribution < 1.29 is 9.53 Å². The maximum absolute atomic E-state index is 14.1. The number of halogens is 3. The number of thioether (sulfide) groups is 1. The number of benzene rings is 4. The van der Waals surface area contributed by atoms with Crippen LogP contribution in [0.2, 0.25) is 10.0 Å². The summed E-state index contributed by atoms with van der Waals surface area (Å²) in [6, 6.07) is 28.0. The maximum atomic E-state index is 14.1. The second-order valence-electron chi connectivity index (χ2n) is 10.5. The van der Waals surface area contributed by atoms with Gasteiger partial charge in [-0.25, -0.2) is 4.68 Å². The number of fused-ring (bicyclic) bond motifs is 1. The molecule has 228 valence electrons. The van der Waals surface area contributed by atoms with Gasteiger partial charge in [0, 0.05) is 37.2 Å². The molecule has 0 saturated heterocycles. The van der Waals surface area contributed by atoms with E-state index in [1.54, 1.807) is 4.68 Å². The van der Waals surface area contributed by atoms with Gasteiger partial charge < -0.3 is 15.4 Å². The van der Waals surface area contributed by atoms with Crippen molar-refractivity contribution in [1.29, 1.82) is 0 Å². The van der Waals surface area contributed by atoms with Gasteiger partial charge in [-0.15, -0.1) is 5.10 Å². The van der Waals surface area contributed by atoms with Gasteiger partial charge in [-0.1, -0.05) is 99.4 Å². The molecule has 6 rings (SSSR count). The molecule has 1 atom stereocenters. The van der Waals surface area contributed by atoms with E-state index in [1.165, 1.54) is 11.8 Å². The number of hydrogen-bond acceptors (Lipinski definition) is 6. The van der Waals surface area contributed by atoms with Crippen LogP contribution in [0, 0.1) is 6.92 Å². The molecule has 1 aromatic heterocycles. The predicted octanol–water partition coefficient (Wildman–Crippen LogP) is 9.45. The molecular weight excluding hydrogens is 693 g/mol. The number of ether oxygens (including phenoxy) is 1. The van der Waals surface area contributed by atoms with Crippen LogP contribution < -0.4 is 15.4 Å². The van der Waals surface area contributed by atoms with Crippen molar-refractivity contribution in [3.05, 3.63) is 139 Å². The summed E-state index contributed by atoms with van der Waals surface area (Å²) in [5, 5.41) is 13.2. The second kappa shape index (κ2) is 13.7. The Balaban J connectivity index is 1.40. The average Bonchev–Trinajstić information content (AvgIpc) is 3.43. The van der Waals surface area contributed by atoms with Gasteiger partial charge in [0.25, 0.3) is 5.91 Å². The van der Waals surface area contributed by atoms with E-state index in [2.05, 4.69) is 26.6 Å². The normalized spacial score (nSPS) is 14.1. The number of nitrogens with one attached hydrogen (secondary N) is 2. The van der Waals surface area contributed by atoms with Crippen LogP contribution in [-0.2, 0) is 17.2 Å². The minimum atomic E-state index is -0.648. The van der Waals surface area contributed by atoms with Gasteiger partial charge in [0.15, 0.2) is 0 Å². The molecule has 1 unspecified atom stereocenters. The maximum Gasteiger partial charge on any atom is 0.255 e. The third-order valence-corrected chi connectivity index (χ3v) is 9.36. The SMILES string of the molecule is CC1=C(C(=O)Nc2ccccc2C)C(c2cc(Br)ccc2OCc2ccc(Cl)cc2)n2nc(SCc3ccccc3Cl)nc2N1. The monoisotopic (exact) mass is 719 g/mol. The molecule has 0 aliphatic carbocycles. The molecule has 2 heterocycles. The van der Waals surface area contributed by atoms with Crippen LogP contribution in [0.25, 0.3) is 0 Å². The number of hydrogen-bond donors (Lipinski definition) is 2. The molecule has 2 N–H and O–H groups in total. The van der Waals surface area contributed by atoms with Gasteiger partial charge in [0.2, 0.25) is 11.1 Å². The van der Waals surface area contributed by atoms with E-state index in [-0.39, 0.29) is 5.91 Å². The fourth-order valence-electron chi connectivity index (χ4n) is 5.04. The summed E-state index contributed by atoms with van der Waals surface area (Å²) in [6.07, 6.45) is 0. The van der Waals surface area contributed by atoms with Crippen molar-refractivity contribution in [2.45, 2.75) is 37.4 Å². The van der Waals surface area contributed by atoms with E-state index in [9.17, 15) is 4.79 Å². The van der Waals surface area contributed by atoms with E-state index >= 15 is 0 Å². The first-order valence-electron chi connectivity index (χ1n) is 14.1. The van der Waals surface area contributed by atoms with Crippen molar-refractivity contribution in [3.63, 3.8) is 0 Å². The Kier molecular flexibility index (Phi) is 9.51. The fourth-order valence-corrected chi connectivity index (χ4v) is 6.66. The van der Waals surface area contributed by atoms with E-state index < -0.39 is 6.04 Å². The summed E-state index contributed by atoms with van der Waals surface area (Å²) in [6.45, 7) is 4.15. The Morgan fingerprint density at radius 3 is 2.56 bits per heavy atom. The summed E-state index contributed by atoms with van der Waals surface area (Å²) in [5.41, 5.74) is 5.54. The molecule has 0 bridgehead atoms. The molecule has 0 spiro atoms. The molecule has 45 heavy (non-hydrogen) atoms. The Morgan fingerprint density at radius 2 is 1.78 bits per heavy atom. The van der Waals surface area contributed by atoms with Gasteiger partial charge >= 0.3 is 0 Å². The first-order chi connectivity index (χ1) is 21.8.